The molecule has 3 rings (SSSR count). The highest BCUT2D eigenvalue weighted by molar-refractivity contribution is 5.95. The van der Waals surface area contributed by atoms with Gasteiger partial charge >= 0.3 is 0 Å². The van der Waals surface area contributed by atoms with Crippen molar-refractivity contribution in [3.8, 4) is 11.5 Å². The van der Waals surface area contributed by atoms with Gasteiger partial charge in [0.15, 0.2) is 11.5 Å². The van der Waals surface area contributed by atoms with Crippen molar-refractivity contribution in [3.05, 3.63) is 23.8 Å². The van der Waals surface area contributed by atoms with Gasteiger partial charge in [0, 0.05) is 18.7 Å². The molecular weight excluding hydrogens is 256 g/mol. The molecule has 1 aromatic rings. The predicted octanol–water partition coefficient (Wildman–Crippen LogP) is 1.27. The lowest BCUT2D eigenvalue weighted by atomic mass is 9.85. The van der Waals surface area contributed by atoms with Gasteiger partial charge in [-0.2, -0.15) is 0 Å². The third kappa shape index (κ3) is 2.12. The topological polar surface area (TPSA) is 64.8 Å². The van der Waals surface area contributed by atoms with Crippen LogP contribution in [-0.4, -0.2) is 43.7 Å². The van der Waals surface area contributed by atoms with E-state index in [1.54, 1.807) is 37.3 Å². The van der Waals surface area contributed by atoms with Gasteiger partial charge in [0.1, 0.15) is 0 Å². The molecule has 0 spiro atoms. The second-order valence-electron chi connectivity index (χ2n) is 5.74. The highest BCUT2D eigenvalue weighted by atomic mass is 16.5. The van der Waals surface area contributed by atoms with E-state index < -0.39 is 0 Å². The van der Waals surface area contributed by atoms with Crippen molar-refractivity contribution >= 4 is 5.91 Å². The van der Waals surface area contributed by atoms with Crippen molar-refractivity contribution in [1.29, 1.82) is 0 Å². The minimum Gasteiger partial charge on any atom is -0.493 e. The average molecular weight is 276 g/mol. The van der Waals surface area contributed by atoms with Gasteiger partial charge in [-0.1, -0.05) is 0 Å². The van der Waals surface area contributed by atoms with E-state index in [4.69, 9.17) is 15.2 Å². The maximum Gasteiger partial charge on any atom is 0.254 e. The van der Waals surface area contributed by atoms with E-state index in [0.717, 1.165) is 0 Å². The number of nitrogens with two attached hydrogens (primary N) is 1. The monoisotopic (exact) mass is 276 g/mol. The summed E-state index contributed by atoms with van der Waals surface area (Å²) in [6, 6.07) is 5.23. The molecule has 1 saturated carbocycles. The predicted molar refractivity (Wildman–Crippen MR) is 75.1 cm³/mol. The summed E-state index contributed by atoms with van der Waals surface area (Å²) < 4.78 is 10.4. The van der Waals surface area contributed by atoms with Crippen molar-refractivity contribution in [2.24, 2.45) is 11.7 Å². The first-order valence-corrected chi connectivity index (χ1v) is 6.87. The van der Waals surface area contributed by atoms with Crippen LogP contribution >= 0.6 is 0 Å². The van der Waals surface area contributed by atoms with Crippen LogP contribution in [0.4, 0.5) is 0 Å². The Balaban J connectivity index is 1.72. The Morgan fingerprint density at radius 3 is 2.45 bits per heavy atom. The summed E-state index contributed by atoms with van der Waals surface area (Å²) in [6.45, 7) is 1.32. The largest absolute Gasteiger partial charge is 0.493 e. The minimum atomic E-state index is -0.147. The number of amides is 1. The van der Waals surface area contributed by atoms with Gasteiger partial charge in [-0.25, -0.2) is 0 Å². The Hall–Kier alpha value is -1.75. The van der Waals surface area contributed by atoms with Gasteiger partial charge in [-0.15, -0.1) is 0 Å². The van der Waals surface area contributed by atoms with Crippen LogP contribution < -0.4 is 15.2 Å². The molecule has 0 aromatic heterocycles. The van der Waals surface area contributed by atoms with Gasteiger partial charge in [-0.05, 0) is 37.0 Å². The molecule has 0 atom stereocenters. The fourth-order valence-electron chi connectivity index (χ4n) is 2.88. The molecule has 20 heavy (non-hydrogen) atoms. The first kappa shape index (κ1) is 13.2. The SMILES string of the molecule is COc1ccc(C(=O)N2CC(N)(C3CC3)C2)cc1OC. The highest BCUT2D eigenvalue weighted by Gasteiger charge is 2.51. The van der Waals surface area contributed by atoms with Crippen LogP contribution in [-0.2, 0) is 0 Å². The summed E-state index contributed by atoms with van der Waals surface area (Å²) >= 11 is 0. The maximum absolute atomic E-state index is 12.4. The van der Waals surface area contributed by atoms with E-state index in [-0.39, 0.29) is 11.4 Å². The van der Waals surface area contributed by atoms with Crippen LogP contribution in [0.25, 0.3) is 0 Å². The minimum absolute atomic E-state index is 0.00711. The number of carbonyl (C=O) groups excluding carboxylic acids is 1. The zero-order valence-electron chi connectivity index (χ0n) is 11.9. The van der Waals surface area contributed by atoms with Crippen molar-refractivity contribution in [1.82, 2.24) is 4.90 Å². The highest BCUT2D eigenvalue weighted by Crippen LogP contribution is 2.43. The number of nitrogens with zero attached hydrogens (tertiary/aromatic N) is 1. The maximum atomic E-state index is 12.4. The van der Waals surface area contributed by atoms with Crippen LogP contribution in [0, 0.1) is 5.92 Å². The van der Waals surface area contributed by atoms with Crippen molar-refractivity contribution in [2.75, 3.05) is 27.3 Å². The number of benzene rings is 1. The van der Waals surface area contributed by atoms with Gasteiger partial charge < -0.3 is 20.1 Å². The molecule has 1 aliphatic carbocycles. The quantitative estimate of drug-likeness (QED) is 0.899. The molecule has 2 aliphatic rings. The lowest BCUT2D eigenvalue weighted by molar-refractivity contribution is 0.0350. The molecule has 5 nitrogen and oxygen atoms in total. The lowest BCUT2D eigenvalue weighted by Crippen LogP contribution is -2.69. The molecule has 0 bridgehead atoms. The summed E-state index contributed by atoms with van der Waals surface area (Å²) in [6.07, 6.45) is 2.41. The van der Waals surface area contributed by atoms with Gasteiger partial charge in [0.25, 0.3) is 5.91 Å². The average Bonchev–Trinajstić information content (AvgIpc) is 3.27. The Morgan fingerprint density at radius 2 is 1.90 bits per heavy atom. The van der Waals surface area contributed by atoms with Gasteiger partial charge in [-0.3, -0.25) is 4.79 Å². The molecule has 108 valence electrons. The third-order valence-electron chi connectivity index (χ3n) is 4.28. The molecule has 5 heteroatoms. The first-order valence-electron chi connectivity index (χ1n) is 6.87. The van der Waals surface area contributed by atoms with Crippen molar-refractivity contribution < 1.29 is 14.3 Å². The number of carbonyl (C=O) groups is 1. The molecule has 2 fully saturated rings. The lowest BCUT2D eigenvalue weighted by Gasteiger charge is -2.48. The fraction of sp³-hybridized carbons (Fsp3) is 0.533. The first-order chi connectivity index (χ1) is 9.57. The normalized spacial score (nSPS) is 20.2. The molecule has 1 saturated heterocycles. The van der Waals surface area contributed by atoms with Crippen LogP contribution in [0.3, 0.4) is 0 Å². The number of hydrogen-bond acceptors (Lipinski definition) is 4. The zero-order valence-corrected chi connectivity index (χ0v) is 11.9. The molecule has 1 heterocycles. The molecule has 0 radical (unpaired) electrons. The summed E-state index contributed by atoms with van der Waals surface area (Å²) in [7, 11) is 3.14. The summed E-state index contributed by atoms with van der Waals surface area (Å²) in [4.78, 5) is 14.2. The second kappa shape index (κ2) is 4.66. The Kier molecular flexibility index (Phi) is 3.09. The van der Waals surface area contributed by atoms with E-state index in [1.807, 2.05) is 0 Å². The molecule has 1 amide bonds. The summed E-state index contributed by atoms with van der Waals surface area (Å²) in [5.74, 6) is 1.81. The molecule has 0 unspecified atom stereocenters. The Morgan fingerprint density at radius 1 is 1.25 bits per heavy atom. The number of rotatable bonds is 4. The second-order valence-corrected chi connectivity index (χ2v) is 5.74. The van der Waals surface area contributed by atoms with Gasteiger partial charge in [0.05, 0.1) is 19.8 Å². The molecular formula is C15H20N2O3. The third-order valence-corrected chi connectivity index (χ3v) is 4.28. The zero-order chi connectivity index (χ0) is 14.3. The van der Waals surface area contributed by atoms with Crippen LogP contribution in [0.5, 0.6) is 11.5 Å². The van der Waals surface area contributed by atoms with E-state index in [2.05, 4.69) is 0 Å². The number of hydrogen-bond donors (Lipinski definition) is 1. The Labute approximate surface area is 118 Å². The van der Waals surface area contributed by atoms with E-state index in [0.29, 0.717) is 36.1 Å². The van der Waals surface area contributed by atoms with Crippen LogP contribution in [0.15, 0.2) is 18.2 Å². The van der Waals surface area contributed by atoms with Crippen LogP contribution in [0.1, 0.15) is 23.2 Å². The fourth-order valence-corrected chi connectivity index (χ4v) is 2.88. The summed E-state index contributed by atoms with van der Waals surface area (Å²) in [5.41, 5.74) is 6.74. The van der Waals surface area contributed by atoms with Crippen molar-refractivity contribution in [3.63, 3.8) is 0 Å². The van der Waals surface area contributed by atoms with Crippen molar-refractivity contribution in [2.45, 2.75) is 18.4 Å². The molecule has 2 N–H and O–H groups in total. The van der Waals surface area contributed by atoms with E-state index in [9.17, 15) is 4.79 Å². The summed E-state index contributed by atoms with van der Waals surface area (Å²) in [5, 5.41) is 0. The van der Waals surface area contributed by atoms with Crippen LogP contribution in [0.2, 0.25) is 0 Å². The molecule has 1 aromatic carbocycles. The number of methoxy groups -OCH3 is 2. The number of ether oxygens (including phenoxy) is 2. The smallest absolute Gasteiger partial charge is 0.254 e. The van der Waals surface area contributed by atoms with E-state index >= 15 is 0 Å². The molecule has 1 aliphatic heterocycles. The van der Waals surface area contributed by atoms with Gasteiger partial charge in [0.2, 0.25) is 0 Å². The Bertz CT molecular complexity index is 534. The number of likely N-dealkylation sites (tertiary alicyclic amines) is 1. The standard InChI is InChI=1S/C15H20N2O3/c1-19-12-6-3-10(7-13(12)20-2)14(18)17-8-15(16,9-17)11-4-5-11/h3,6-7,11H,4-5,8-9,16H2,1-2H3. The van der Waals surface area contributed by atoms with E-state index in [1.165, 1.54) is 12.8 Å².